The number of carbonyl (C=O) groups is 1. The van der Waals surface area contributed by atoms with Crippen LogP contribution in [0.4, 0.5) is 4.39 Å². The fourth-order valence-corrected chi connectivity index (χ4v) is 2.43. The minimum Gasteiger partial charge on any atom is -0.492 e. The Balaban J connectivity index is 1.74. The van der Waals surface area contributed by atoms with E-state index >= 15 is 0 Å². The Bertz CT molecular complexity index is 706. The Morgan fingerprint density at radius 2 is 1.88 bits per heavy atom. The van der Waals surface area contributed by atoms with Crippen LogP contribution < -0.4 is 4.74 Å². The summed E-state index contributed by atoms with van der Waals surface area (Å²) in [5.41, 5.74) is 1.67. The zero-order valence-corrected chi connectivity index (χ0v) is 15.0. The lowest BCUT2D eigenvalue weighted by Crippen LogP contribution is -2.37. The van der Waals surface area contributed by atoms with E-state index in [9.17, 15) is 9.18 Å². The number of benzene rings is 2. The molecular weight excluding hydrogens is 319 g/mol. The van der Waals surface area contributed by atoms with Gasteiger partial charge >= 0.3 is 0 Å². The predicted molar refractivity (Wildman–Crippen MR) is 97.0 cm³/mol. The van der Waals surface area contributed by atoms with Crippen molar-refractivity contribution >= 4 is 5.91 Å². The Hall–Kier alpha value is -2.40. The summed E-state index contributed by atoms with van der Waals surface area (Å²) >= 11 is 0. The molecule has 0 aromatic heterocycles. The lowest BCUT2D eigenvalue weighted by Gasteiger charge is -2.22. The van der Waals surface area contributed by atoms with Gasteiger partial charge in [-0.1, -0.05) is 30.3 Å². The van der Waals surface area contributed by atoms with Gasteiger partial charge in [-0.05, 0) is 37.7 Å². The average Bonchev–Trinajstić information content (AvgIpc) is 2.57. The van der Waals surface area contributed by atoms with Crippen molar-refractivity contribution in [2.45, 2.75) is 13.5 Å². The number of carbonyl (C=O) groups excluding carboxylic acids is 1. The van der Waals surface area contributed by atoms with Crippen LogP contribution in [-0.4, -0.2) is 49.5 Å². The highest BCUT2D eigenvalue weighted by Gasteiger charge is 2.13. The molecule has 0 heterocycles. The smallest absolute Gasteiger partial charge is 0.236 e. The molecule has 25 heavy (non-hydrogen) atoms. The molecule has 2 rings (SSSR count). The van der Waals surface area contributed by atoms with Crippen molar-refractivity contribution in [2.24, 2.45) is 0 Å². The summed E-state index contributed by atoms with van der Waals surface area (Å²) in [6.45, 7) is 3.68. The number of hydrogen-bond acceptors (Lipinski definition) is 3. The van der Waals surface area contributed by atoms with Gasteiger partial charge in [-0.15, -0.1) is 0 Å². The van der Waals surface area contributed by atoms with E-state index in [4.69, 9.17) is 4.74 Å². The summed E-state index contributed by atoms with van der Waals surface area (Å²) in [6, 6.07) is 14.4. The molecule has 2 aromatic rings. The molecule has 1 amide bonds. The van der Waals surface area contributed by atoms with Crippen LogP contribution in [0.1, 0.15) is 11.1 Å². The Morgan fingerprint density at radius 3 is 2.60 bits per heavy atom. The number of halogens is 1. The number of amides is 1. The first-order chi connectivity index (χ1) is 12.0. The van der Waals surface area contributed by atoms with Gasteiger partial charge in [0, 0.05) is 25.7 Å². The summed E-state index contributed by atoms with van der Waals surface area (Å²) in [5.74, 6) is 0.486. The molecule has 0 radical (unpaired) electrons. The van der Waals surface area contributed by atoms with Crippen LogP contribution in [0.25, 0.3) is 0 Å². The van der Waals surface area contributed by atoms with Crippen molar-refractivity contribution in [3.05, 3.63) is 65.5 Å². The Labute approximate surface area is 148 Å². The van der Waals surface area contributed by atoms with E-state index in [1.165, 1.54) is 11.0 Å². The molecule has 0 N–H and O–H groups in total. The van der Waals surface area contributed by atoms with Gasteiger partial charge in [-0.3, -0.25) is 9.69 Å². The van der Waals surface area contributed by atoms with E-state index in [1.807, 2.05) is 43.1 Å². The maximum absolute atomic E-state index is 13.7. The topological polar surface area (TPSA) is 32.8 Å². The predicted octanol–water partition coefficient (Wildman–Crippen LogP) is 3.10. The third-order valence-electron chi connectivity index (χ3n) is 3.93. The van der Waals surface area contributed by atoms with Gasteiger partial charge in [0.1, 0.15) is 18.2 Å². The van der Waals surface area contributed by atoms with Gasteiger partial charge in [0.25, 0.3) is 0 Å². The van der Waals surface area contributed by atoms with E-state index in [1.54, 1.807) is 25.2 Å². The van der Waals surface area contributed by atoms with Crippen LogP contribution >= 0.6 is 0 Å². The normalized spacial score (nSPS) is 10.8. The van der Waals surface area contributed by atoms with E-state index in [0.717, 1.165) is 11.3 Å². The Morgan fingerprint density at radius 1 is 1.12 bits per heavy atom. The summed E-state index contributed by atoms with van der Waals surface area (Å²) in [5, 5.41) is 0. The second-order valence-electron chi connectivity index (χ2n) is 6.24. The third-order valence-corrected chi connectivity index (χ3v) is 3.93. The molecule has 0 saturated carbocycles. The van der Waals surface area contributed by atoms with Gasteiger partial charge < -0.3 is 9.64 Å². The fourth-order valence-electron chi connectivity index (χ4n) is 2.43. The minimum absolute atomic E-state index is 0.0543. The van der Waals surface area contributed by atoms with Gasteiger partial charge in [0.15, 0.2) is 0 Å². The largest absolute Gasteiger partial charge is 0.492 e. The highest BCUT2D eigenvalue weighted by molar-refractivity contribution is 5.77. The molecule has 2 aromatic carbocycles. The first-order valence-corrected chi connectivity index (χ1v) is 8.31. The van der Waals surface area contributed by atoms with Crippen molar-refractivity contribution in [3.63, 3.8) is 0 Å². The first kappa shape index (κ1) is 18.9. The van der Waals surface area contributed by atoms with Crippen molar-refractivity contribution in [1.82, 2.24) is 9.80 Å². The van der Waals surface area contributed by atoms with E-state index in [2.05, 4.69) is 0 Å². The van der Waals surface area contributed by atoms with Crippen LogP contribution in [0.2, 0.25) is 0 Å². The van der Waals surface area contributed by atoms with Crippen LogP contribution in [0.3, 0.4) is 0 Å². The quantitative estimate of drug-likeness (QED) is 0.738. The molecule has 0 atom stereocenters. The van der Waals surface area contributed by atoms with Crippen molar-refractivity contribution in [2.75, 3.05) is 33.8 Å². The van der Waals surface area contributed by atoms with E-state index in [-0.39, 0.29) is 24.8 Å². The number of ether oxygens (including phenoxy) is 1. The second kappa shape index (κ2) is 9.18. The molecule has 5 heteroatoms. The summed E-state index contributed by atoms with van der Waals surface area (Å²) in [4.78, 5) is 15.7. The Kier molecular flexibility index (Phi) is 6.95. The monoisotopic (exact) mass is 344 g/mol. The van der Waals surface area contributed by atoms with E-state index in [0.29, 0.717) is 18.7 Å². The van der Waals surface area contributed by atoms with Gasteiger partial charge in [0.05, 0.1) is 6.54 Å². The third kappa shape index (κ3) is 6.19. The van der Waals surface area contributed by atoms with Crippen LogP contribution in [0.15, 0.2) is 48.5 Å². The molecule has 0 aliphatic rings. The fraction of sp³-hybridized carbons (Fsp3) is 0.350. The van der Waals surface area contributed by atoms with Crippen LogP contribution in [-0.2, 0) is 11.3 Å². The summed E-state index contributed by atoms with van der Waals surface area (Å²) in [7, 11) is 3.56. The maximum atomic E-state index is 13.7. The van der Waals surface area contributed by atoms with Crippen molar-refractivity contribution in [1.29, 1.82) is 0 Å². The zero-order valence-electron chi connectivity index (χ0n) is 15.0. The number of nitrogens with zero attached hydrogens (tertiary/aromatic N) is 2. The second-order valence-corrected chi connectivity index (χ2v) is 6.24. The summed E-state index contributed by atoms with van der Waals surface area (Å²) in [6.07, 6.45) is 0. The van der Waals surface area contributed by atoms with E-state index < -0.39 is 0 Å². The van der Waals surface area contributed by atoms with Crippen molar-refractivity contribution < 1.29 is 13.9 Å². The summed E-state index contributed by atoms with van der Waals surface area (Å²) < 4.78 is 19.4. The SMILES string of the molecule is Cc1cccc(OCCN(C)CC(=O)N(C)Cc2ccccc2F)c1. The number of hydrogen-bond donors (Lipinski definition) is 0. The number of aryl methyl sites for hydroxylation is 1. The molecule has 4 nitrogen and oxygen atoms in total. The highest BCUT2D eigenvalue weighted by atomic mass is 19.1. The molecule has 0 bridgehead atoms. The standard InChI is InChI=1S/C20H25FN2O2/c1-16-7-6-9-18(13-16)25-12-11-22(2)15-20(24)23(3)14-17-8-4-5-10-19(17)21/h4-10,13H,11-12,14-15H2,1-3H3. The molecule has 0 aliphatic carbocycles. The van der Waals surface area contributed by atoms with Gasteiger partial charge in [0.2, 0.25) is 5.91 Å². The molecule has 0 fully saturated rings. The average molecular weight is 344 g/mol. The first-order valence-electron chi connectivity index (χ1n) is 8.31. The lowest BCUT2D eigenvalue weighted by molar-refractivity contribution is -0.131. The van der Waals surface area contributed by atoms with Gasteiger partial charge in [-0.2, -0.15) is 0 Å². The molecule has 0 aliphatic heterocycles. The van der Waals surface area contributed by atoms with Gasteiger partial charge in [-0.25, -0.2) is 4.39 Å². The number of rotatable bonds is 8. The molecule has 0 spiro atoms. The van der Waals surface area contributed by atoms with Crippen LogP contribution in [0.5, 0.6) is 5.75 Å². The molecule has 0 saturated heterocycles. The highest BCUT2D eigenvalue weighted by Crippen LogP contribution is 2.12. The minimum atomic E-state index is -0.290. The molecular formula is C20H25FN2O2. The molecule has 134 valence electrons. The number of likely N-dealkylation sites (N-methyl/N-ethyl adjacent to an activating group) is 2. The van der Waals surface area contributed by atoms with Crippen LogP contribution in [0, 0.1) is 12.7 Å². The van der Waals surface area contributed by atoms with Crippen molar-refractivity contribution in [3.8, 4) is 5.75 Å². The molecule has 0 unspecified atom stereocenters. The lowest BCUT2D eigenvalue weighted by atomic mass is 10.2. The maximum Gasteiger partial charge on any atom is 0.236 e. The zero-order chi connectivity index (χ0) is 18.2.